The van der Waals surface area contributed by atoms with E-state index < -0.39 is 0 Å². The standard InChI is InChI=1S/C12H16BrFN2/c13-10-5-9(6-11(14)7-10)12(15)8-1-3-16-4-2-8/h5-8,12,16H,1-4,15H2/t12-/m1/s1. The Morgan fingerprint density at radius 2 is 2.00 bits per heavy atom. The molecule has 3 N–H and O–H groups in total. The van der Waals surface area contributed by atoms with Crippen LogP contribution in [-0.2, 0) is 0 Å². The van der Waals surface area contributed by atoms with Crippen LogP contribution in [0.2, 0.25) is 0 Å². The van der Waals surface area contributed by atoms with Gasteiger partial charge in [-0.2, -0.15) is 0 Å². The van der Waals surface area contributed by atoms with E-state index in [2.05, 4.69) is 21.2 Å². The molecule has 0 amide bonds. The maximum atomic E-state index is 13.3. The molecule has 2 nitrogen and oxygen atoms in total. The maximum Gasteiger partial charge on any atom is 0.124 e. The van der Waals surface area contributed by atoms with Crippen LogP contribution in [0.4, 0.5) is 4.39 Å². The summed E-state index contributed by atoms with van der Waals surface area (Å²) in [6, 6.07) is 4.85. The molecule has 2 rings (SSSR count). The summed E-state index contributed by atoms with van der Waals surface area (Å²) < 4.78 is 14.0. The number of hydrogen-bond acceptors (Lipinski definition) is 2. The van der Waals surface area contributed by atoms with Crippen LogP contribution in [0.5, 0.6) is 0 Å². The number of benzene rings is 1. The molecule has 1 aromatic carbocycles. The van der Waals surface area contributed by atoms with Crippen molar-refractivity contribution in [2.45, 2.75) is 18.9 Å². The van der Waals surface area contributed by atoms with Crippen LogP contribution in [-0.4, -0.2) is 13.1 Å². The second kappa shape index (κ2) is 5.25. The lowest BCUT2D eigenvalue weighted by Gasteiger charge is -2.28. The predicted octanol–water partition coefficient (Wildman–Crippen LogP) is 2.59. The first-order valence-electron chi connectivity index (χ1n) is 5.59. The van der Waals surface area contributed by atoms with Gasteiger partial charge in [-0.05, 0) is 55.6 Å². The minimum absolute atomic E-state index is 0.0610. The third-order valence-electron chi connectivity index (χ3n) is 3.16. The Balaban J connectivity index is 2.15. The zero-order valence-electron chi connectivity index (χ0n) is 9.05. The van der Waals surface area contributed by atoms with Gasteiger partial charge in [-0.25, -0.2) is 4.39 Å². The van der Waals surface area contributed by atoms with Crippen molar-refractivity contribution >= 4 is 15.9 Å². The number of piperidine rings is 1. The van der Waals surface area contributed by atoms with Crippen molar-refractivity contribution in [1.82, 2.24) is 5.32 Å². The normalized spacial score (nSPS) is 19.7. The van der Waals surface area contributed by atoms with E-state index in [-0.39, 0.29) is 11.9 Å². The van der Waals surface area contributed by atoms with Crippen LogP contribution in [0.3, 0.4) is 0 Å². The van der Waals surface area contributed by atoms with Crippen molar-refractivity contribution in [3.8, 4) is 0 Å². The molecule has 1 atom stereocenters. The highest BCUT2D eigenvalue weighted by molar-refractivity contribution is 9.10. The van der Waals surface area contributed by atoms with Crippen LogP contribution in [0.1, 0.15) is 24.4 Å². The topological polar surface area (TPSA) is 38.0 Å². The Labute approximate surface area is 104 Å². The zero-order chi connectivity index (χ0) is 11.5. The SMILES string of the molecule is N[C@@H](c1cc(F)cc(Br)c1)C1CCNCC1. The maximum absolute atomic E-state index is 13.3. The smallest absolute Gasteiger partial charge is 0.124 e. The van der Waals surface area contributed by atoms with Crippen LogP contribution in [0.25, 0.3) is 0 Å². The summed E-state index contributed by atoms with van der Waals surface area (Å²) in [5.74, 6) is 0.226. The van der Waals surface area contributed by atoms with Gasteiger partial charge in [0.05, 0.1) is 0 Å². The molecule has 0 aromatic heterocycles. The second-order valence-corrected chi connectivity index (χ2v) is 5.23. The highest BCUT2D eigenvalue weighted by Crippen LogP contribution is 2.28. The largest absolute Gasteiger partial charge is 0.324 e. The molecule has 88 valence electrons. The summed E-state index contributed by atoms with van der Waals surface area (Å²) in [6.45, 7) is 2.02. The lowest BCUT2D eigenvalue weighted by molar-refractivity contribution is 0.321. The van der Waals surface area contributed by atoms with Crippen molar-refractivity contribution < 1.29 is 4.39 Å². The van der Waals surface area contributed by atoms with Gasteiger partial charge in [0.2, 0.25) is 0 Å². The Morgan fingerprint density at radius 3 is 2.62 bits per heavy atom. The van der Waals surface area contributed by atoms with Crippen molar-refractivity contribution in [2.75, 3.05) is 13.1 Å². The fraction of sp³-hybridized carbons (Fsp3) is 0.500. The van der Waals surface area contributed by atoms with E-state index in [1.165, 1.54) is 12.1 Å². The van der Waals surface area contributed by atoms with E-state index >= 15 is 0 Å². The monoisotopic (exact) mass is 286 g/mol. The highest BCUT2D eigenvalue weighted by Gasteiger charge is 2.22. The molecule has 0 saturated carbocycles. The molecule has 1 saturated heterocycles. The van der Waals surface area contributed by atoms with Gasteiger partial charge in [0, 0.05) is 10.5 Å². The first-order valence-corrected chi connectivity index (χ1v) is 6.38. The van der Waals surface area contributed by atoms with Crippen LogP contribution in [0, 0.1) is 11.7 Å². The number of halogens is 2. The third kappa shape index (κ3) is 2.81. The molecule has 1 aliphatic rings. The Morgan fingerprint density at radius 1 is 1.31 bits per heavy atom. The number of rotatable bonds is 2. The van der Waals surface area contributed by atoms with Crippen molar-refractivity contribution in [3.05, 3.63) is 34.1 Å². The van der Waals surface area contributed by atoms with Gasteiger partial charge in [0.15, 0.2) is 0 Å². The lowest BCUT2D eigenvalue weighted by Crippen LogP contribution is -2.33. The molecule has 1 heterocycles. The number of nitrogens with one attached hydrogen (secondary N) is 1. The molecule has 1 aromatic rings. The minimum atomic E-state index is -0.228. The van der Waals surface area contributed by atoms with E-state index in [0.717, 1.165) is 36.0 Å². The van der Waals surface area contributed by atoms with E-state index in [0.29, 0.717) is 5.92 Å². The average Bonchev–Trinajstić information content (AvgIpc) is 2.28. The van der Waals surface area contributed by atoms with Crippen molar-refractivity contribution in [2.24, 2.45) is 11.7 Å². The van der Waals surface area contributed by atoms with Crippen molar-refractivity contribution in [1.29, 1.82) is 0 Å². The minimum Gasteiger partial charge on any atom is -0.324 e. The Bertz CT molecular complexity index is 344. The van der Waals surface area contributed by atoms with Gasteiger partial charge in [-0.3, -0.25) is 0 Å². The molecule has 0 unspecified atom stereocenters. The molecular formula is C12H16BrFN2. The second-order valence-electron chi connectivity index (χ2n) is 4.32. The van der Waals surface area contributed by atoms with Crippen LogP contribution < -0.4 is 11.1 Å². The van der Waals surface area contributed by atoms with Crippen molar-refractivity contribution in [3.63, 3.8) is 0 Å². The molecule has 1 aliphatic heterocycles. The lowest BCUT2D eigenvalue weighted by atomic mass is 9.86. The zero-order valence-corrected chi connectivity index (χ0v) is 10.6. The van der Waals surface area contributed by atoms with Gasteiger partial charge in [0.1, 0.15) is 5.82 Å². The van der Waals surface area contributed by atoms with Crippen LogP contribution in [0.15, 0.2) is 22.7 Å². The van der Waals surface area contributed by atoms with Gasteiger partial charge in [0.25, 0.3) is 0 Å². The average molecular weight is 287 g/mol. The number of nitrogens with two attached hydrogens (primary N) is 1. The van der Waals surface area contributed by atoms with Gasteiger partial charge >= 0.3 is 0 Å². The van der Waals surface area contributed by atoms with Gasteiger partial charge in [-0.1, -0.05) is 15.9 Å². The molecule has 4 heteroatoms. The molecule has 16 heavy (non-hydrogen) atoms. The van der Waals surface area contributed by atoms with E-state index in [9.17, 15) is 4.39 Å². The summed E-state index contributed by atoms with van der Waals surface area (Å²) in [5.41, 5.74) is 7.08. The predicted molar refractivity (Wildman–Crippen MR) is 66.6 cm³/mol. The molecule has 0 bridgehead atoms. The molecule has 0 spiro atoms. The quantitative estimate of drug-likeness (QED) is 0.877. The molecule has 0 radical (unpaired) electrons. The first-order chi connectivity index (χ1) is 7.66. The summed E-state index contributed by atoms with van der Waals surface area (Å²) in [6.07, 6.45) is 2.13. The third-order valence-corrected chi connectivity index (χ3v) is 3.62. The fourth-order valence-electron chi connectivity index (χ4n) is 2.24. The fourth-order valence-corrected chi connectivity index (χ4v) is 2.73. The summed E-state index contributed by atoms with van der Waals surface area (Å²) in [7, 11) is 0. The first kappa shape index (κ1) is 12.0. The summed E-state index contributed by atoms with van der Waals surface area (Å²) in [5, 5.41) is 3.30. The number of hydrogen-bond donors (Lipinski definition) is 2. The Hall–Kier alpha value is -0.450. The summed E-state index contributed by atoms with van der Waals surface area (Å²) in [4.78, 5) is 0. The van der Waals surface area contributed by atoms with Crippen LogP contribution >= 0.6 is 15.9 Å². The van der Waals surface area contributed by atoms with E-state index in [4.69, 9.17) is 5.73 Å². The van der Waals surface area contributed by atoms with Gasteiger partial charge in [-0.15, -0.1) is 0 Å². The Kier molecular flexibility index (Phi) is 3.95. The molecule has 0 aliphatic carbocycles. The molecular weight excluding hydrogens is 271 g/mol. The molecule has 1 fully saturated rings. The van der Waals surface area contributed by atoms with E-state index in [1.807, 2.05) is 6.07 Å². The van der Waals surface area contributed by atoms with Gasteiger partial charge < -0.3 is 11.1 Å². The van der Waals surface area contributed by atoms with E-state index in [1.54, 1.807) is 0 Å². The summed E-state index contributed by atoms with van der Waals surface area (Å²) >= 11 is 3.30. The highest BCUT2D eigenvalue weighted by atomic mass is 79.9.